The van der Waals surface area contributed by atoms with Crippen LogP contribution in [0.1, 0.15) is 87.5 Å². The predicted octanol–water partition coefficient (Wildman–Crippen LogP) is 6.63. The Kier molecular flexibility index (Phi) is 9.26. The van der Waals surface area contributed by atoms with Crippen LogP contribution >= 0.6 is 15.9 Å². The summed E-state index contributed by atoms with van der Waals surface area (Å²) in [6.07, 6.45) is 11.1. The van der Waals surface area contributed by atoms with Gasteiger partial charge in [0.1, 0.15) is 0 Å². The second-order valence-electron chi connectivity index (χ2n) is 6.25. The van der Waals surface area contributed by atoms with Crippen molar-refractivity contribution in [1.29, 1.82) is 0 Å². The van der Waals surface area contributed by atoms with Crippen LogP contribution in [0.4, 0.5) is 0 Å². The minimum Gasteiger partial charge on any atom is -0.388 e. The van der Waals surface area contributed by atoms with Gasteiger partial charge < -0.3 is 5.11 Å². The standard InChI is InChI=1S/C19H31BrO/c1-4-5-6-7-8-9-10-11-12-18(21)17-13-15(2)19(20)16(3)14-17/h13-14,18,21H,4-12H2,1-3H3. The topological polar surface area (TPSA) is 20.2 Å². The first-order valence-corrected chi connectivity index (χ1v) is 9.30. The molecular formula is C19H31BrO. The lowest BCUT2D eigenvalue weighted by Crippen LogP contribution is -1.99. The lowest BCUT2D eigenvalue weighted by molar-refractivity contribution is 0.163. The van der Waals surface area contributed by atoms with Crippen molar-refractivity contribution in [2.45, 2.75) is 84.7 Å². The number of aliphatic hydroxyl groups excluding tert-OH is 1. The van der Waals surface area contributed by atoms with Crippen LogP contribution in [0, 0.1) is 13.8 Å². The highest BCUT2D eigenvalue weighted by Crippen LogP contribution is 2.28. The third-order valence-corrected chi connectivity index (χ3v) is 5.43. The minimum atomic E-state index is -0.310. The Hall–Kier alpha value is -0.340. The predicted molar refractivity (Wildman–Crippen MR) is 95.8 cm³/mol. The Bertz CT molecular complexity index is 391. The van der Waals surface area contributed by atoms with E-state index in [0.717, 1.165) is 22.9 Å². The number of aryl methyl sites for hydroxylation is 2. The first kappa shape index (κ1) is 18.7. The van der Waals surface area contributed by atoms with Gasteiger partial charge in [-0.05, 0) is 37.0 Å². The lowest BCUT2D eigenvalue weighted by Gasteiger charge is -2.14. The maximum absolute atomic E-state index is 10.3. The van der Waals surface area contributed by atoms with Gasteiger partial charge >= 0.3 is 0 Å². The molecule has 1 unspecified atom stereocenters. The number of benzene rings is 1. The van der Waals surface area contributed by atoms with E-state index in [9.17, 15) is 5.11 Å². The highest BCUT2D eigenvalue weighted by atomic mass is 79.9. The SMILES string of the molecule is CCCCCCCCCCC(O)c1cc(C)c(Br)c(C)c1. The number of hydrogen-bond acceptors (Lipinski definition) is 1. The maximum atomic E-state index is 10.3. The van der Waals surface area contributed by atoms with Crippen molar-refractivity contribution in [2.75, 3.05) is 0 Å². The van der Waals surface area contributed by atoms with Gasteiger partial charge in [-0.15, -0.1) is 0 Å². The zero-order valence-corrected chi connectivity index (χ0v) is 15.5. The monoisotopic (exact) mass is 354 g/mol. The van der Waals surface area contributed by atoms with Gasteiger partial charge in [-0.1, -0.05) is 86.4 Å². The van der Waals surface area contributed by atoms with E-state index in [-0.39, 0.29) is 6.10 Å². The molecular weight excluding hydrogens is 324 g/mol. The van der Waals surface area contributed by atoms with E-state index >= 15 is 0 Å². The first-order valence-electron chi connectivity index (χ1n) is 8.51. The van der Waals surface area contributed by atoms with Crippen LogP contribution in [0.5, 0.6) is 0 Å². The van der Waals surface area contributed by atoms with Crippen LogP contribution in [0.2, 0.25) is 0 Å². The maximum Gasteiger partial charge on any atom is 0.0790 e. The fourth-order valence-corrected chi connectivity index (χ4v) is 3.04. The molecule has 0 saturated heterocycles. The summed E-state index contributed by atoms with van der Waals surface area (Å²) in [7, 11) is 0. The van der Waals surface area contributed by atoms with E-state index in [2.05, 4.69) is 48.8 Å². The number of halogens is 1. The Labute approximate surface area is 139 Å². The molecule has 0 aliphatic heterocycles. The molecule has 0 fully saturated rings. The van der Waals surface area contributed by atoms with Crippen molar-refractivity contribution >= 4 is 15.9 Å². The zero-order chi connectivity index (χ0) is 15.7. The highest BCUT2D eigenvalue weighted by Gasteiger charge is 2.10. The van der Waals surface area contributed by atoms with Crippen LogP contribution in [0.15, 0.2) is 16.6 Å². The van der Waals surface area contributed by atoms with Crippen LogP contribution in [0.3, 0.4) is 0 Å². The van der Waals surface area contributed by atoms with E-state index in [0.29, 0.717) is 0 Å². The number of hydrogen-bond donors (Lipinski definition) is 1. The Morgan fingerprint density at radius 2 is 1.38 bits per heavy atom. The molecule has 1 rings (SSSR count). The van der Waals surface area contributed by atoms with E-state index in [1.54, 1.807) is 0 Å². The molecule has 0 aromatic heterocycles. The Morgan fingerprint density at radius 3 is 1.90 bits per heavy atom. The van der Waals surface area contributed by atoms with E-state index < -0.39 is 0 Å². The lowest BCUT2D eigenvalue weighted by atomic mass is 9.98. The molecule has 2 heteroatoms. The molecule has 0 radical (unpaired) electrons. The second kappa shape index (κ2) is 10.4. The minimum absolute atomic E-state index is 0.310. The van der Waals surface area contributed by atoms with Crippen LogP contribution < -0.4 is 0 Å². The van der Waals surface area contributed by atoms with Crippen LogP contribution in [0.25, 0.3) is 0 Å². The highest BCUT2D eigenvalue weighted by molar-refractivity contribution is 9.10. The summed E-state index contributed by atoms with van der Waals surface area (Å²) in [5.74, 6) is 0. The molecule has 1 aromatic rings. The quantitative estimate of drug-likeness (QED) is 0.467. The van der Waals surface area contributed by atoms with Gasteiger partial charge in [0.25, 0.3) is 0 Å². The molecule has 0 saturated carbocycles. The largest absolute Gasteiger partial charge is 0.388 e. The molecule has 0 aliphatic carbocycles. The molecule has 0 bridgehead atoms. The van der Waals surface area contributed by atoms with Crippen molar-refractivity contribution in [2.24, 2.45) is 0 Å². The molecule has 0 spiro atoms. The van der Waals surface area contributed by atoms with Crippen molar-refractivity contribution in [1.82, 2.24) is 0 Å². The van der Waals surface area contributed by atoms with Gasteiger partial charge in [0.2, 0.25) is 0 Å². The van der Waals surface area contributed by atoms with Crippen LogP contribution in [-0.2, 0) is 0 Å². The van der Waals surface area contributed by atoms with Gasteiger partial charge in [-0.25, -0.2) is 0 Å². The number of aliphatic hydroxyl groups is 1. The number of unbranched alkanes of at least 4 members (excludes halogenated alkanes) is 7. The van der Waals surface area contributed by atoms with Gasteiger partial charge in [0.05, 0.1) is 6.10 Å². The second-order valence-corrected chi connectivity index (χ2v) is 7.04. The normalized spacial score (nSPS) is 12.6. The third kappa shape index (κ3) is 6.97. The molecule has 1 nitrogen and oxygen atoms in total. The summed E-state index contributed by atoms with van der Waals surface area (Å²) in [5, 5.41) is 10.3. The Morgan fingerprint density at radius 1 is 0.905 bits per heavy atom. The summed E-state index contributed by atoms with van der Waals surface area (Å²) in [5.41, 5.74) is 3.48. The summed E-state index contributed by atoms with van der Waals surface area (Å²) >= 11 is 3.58. The van der Waals surface area contributed by atoms with Crippen LogP contribution in [-0.4, -0.2) is 5.11 Å². The van der Waals surface area contributed by atoms with E-state index in [1.807, 2.05) is 0 Å². The van der Waals surface area contributed by atoms with Crippen molar-refractivity contribution < 1.29 is 5.11 Å². The molecule has 1 N–H and O–H groups in total. The van der Waals surface area contributed by atoms with E-state index in [1.165, 1.54) is 56.1 Å². The summed E-state index contributed by atoms with van der Waals surface area (Å²) in [4.78, 5) is 0. The number of rotatable bonds is 10. The van der Waals surface area contributed by atoms with Crippen molar-refractivity contribution in [3.05, 3.63) is 33.3 Å². The first-order chi connectivity index (χ1) is 10.1. The smallest absolute Gasteiger partial charge is 0.0790 e. The van der Waals surface area contributed by atoms with Gasteiger partial charge in [-0.2, -0.15) is 0 Å². The summed E-state index contributed by atoms with van der Waals surface area (Å²) < 4.78 is 1.16. The summed E-state index contributed by atoms with van der Waals surface area (Å²) in [6, 6.07) is 4.21. The van der Waals surface area contributed by atoms with E-state index in [4.69, 9.17) is 0 Å². The third-order valence-electron chi connectivity index (χ3n) is 4.17. The summed E-state index contributed by atoms with van der Waals surface area (Å²) in [6.45, 7) is 6.43. The Balaban J connectivity index is 2.23. The van der Waals surface area contributed by atoms with Gasteiger partial charge in [-0.3, -0.25) is 0 Å². The molecule has 0 heterocycles. The van der Waals surface area contributed by atoms with Crippen molar-refractivity contribution in [3.8, 4) is 0 Å². The average molecular weight is 355 g/mol. The fraction of sp³-hybridized carbons (Fsp3) is 0.684. The molecule has 0 aliphatic rings. The van der Waals surface area contributed by atoms with Gasteiger partial charge in [0, 0.05) is 4.47 Å². The average Bonchev–Trinajstić information content (AvgIpc) is 2.46. The van der Waals surface area contributed by atoms with Gasteiger partial charge in [0.15, 0.2) is 0 Å². The molecule has 120 valence electrons. The molecule has 0 amide bonds. The van der Waals surface area contributed by atoms with Crippen molar-refractivity contribution in [3.63, 3.8) is 0 Å². The molecule has 1 atom stereocenters. The molecule has 1 aromatic carbocycles. The molecule has 21 heavy (non-hydrogen) atoms. The fourth-order valence-electron chi connectivity index (χ4n) is 2.81. The zero-order valence-electron chi connectivity index (χ0n) is 13.9.